The predicted molar refractivity (Wildman–Crippen MR) is 87.2 cm³/mol. The van der Waals surface area contributed by atoms with Crippen LogP contribution in [0, 0.1) is 0 Å². The minimum atomic E-state index is -1.10. The maximum atomic E-state index is 11.4. The van der Waals surface area contributed by atoms with Crippen LogP contribution in [0.4, 0.5) is 0 Å². The summed E-state index contributed by atoms with van der Waals surface area (Å²) in [4.78, 5) is 34.1. The Hall–Kier alpha value is -3.48. The Balaban J connectivity index is 1.91. The van der Waals surface area contributed by atoms with Crippen molar-refractivity contribution in [2.24, 2.45) is 0 Å². The van der Waals surface area contributed by atoms with E-state index in [0.717, 1.165) is 11.3 Å². The van der Waals surface area contributed by atoms with Crippen LogP contribution in [-0.2, 0) is 0 Å². The Morgan fingerprint density at radius 2 is 1.83 bits per heavy atom. The van der Waals surface area contributed by atoms with Gasteiger partial charge >= 0.3 is 5.97 Å². The number of rotatable bonds is 3. The average Bonchev–Trinajstić information content (AvgIpc) is 3.18. The second kappa shape index (κ2) is 5.02. The first-order valence-electron chi connectivity index (χ1n) is 7.24. The molecule has 0 aliphatic carbocycles. The molecule has 0 amide bonds. The summed E-state index contributed by atoms with van der Waals surface area (Å²) < 4.78 is 1.55. The van der Waals surface area contributed by atoms with E-state index in [1.165, 1.54) is 13.1 Å². The monoisotopic (exact) mass is 320 g/mol. The van der Waals surface area contributed by atoms with E-state index in [9.17, 15) is 14.7 Å². The van der Waals surface area contributed by atoms with E-state index in [2.05, 4.69) is 15.0 Å². The number of fused-ring (bicyclic) bond motifs is 3. The van der Waals surface area contributed by atoms with E-state index >= 15 is 0 Å². The summed E-state index contributed by atoms with van der Waals surface area (Å²) in [5.41, 5.74) is 4.10. The number of hydrogen-bond donors (Lipinski definition) is 2. The van der Waals surface area contributed by atoms with Gasteiger partial charge < -0.3 is 10.1 Å². The first-order valence-corrected chi connectivity index (χ1v) is 7.24. The third-order valence-corrected chi connectivity index (χ3v) is 3.93. The van der Waals surface area contributed by atoms with Crippen molar-refractivity contribution in [2.75, 3.05) is 0 Å². The summed E-state index contributed by atoms with van der Waals surface area (Å²) in [6.45, 7) is 1.52. The van der Waals surface area contributed by atoms with Crippen LogP contribution in [0.25, 0.3) is 27.9 Å². The number of carboxylic acids is 1. The lowest BCUT2D eigenvalue weighted by Crippen LogP contribution is -2.04. The van der Waals surface area contributed by atoms with Crippen LogP contribution in [0.15, 0.2) is 42.7 Å². The molecule has 0 spiro atoms. The molecule has 2 N–H and O–H groups in total. The zero-order chi connectivity index (χ0) is 16.8. The van der Waals surface area contributed by atoms with Gasteiger partial charge in [-0.25, -0.2) is 14.8 Å². The Labute approximate surface area is 135 Å². The summed E-state index contributed by atoms with van der Waals surface area (Å²) >= 11 is 0. The zero-order valence-electron chi connectivity index (χ0n) is 12.6. The van der Waals surface area contributed by atoms with Gasteiger partial charge in [0.2, 0.25) is 5.82 Å². The van der Waals surface area contributed by atoms with Crippen LogP contribution in [0.5, 0.6) is 0 Å². The molecule has 0 radical (unpaired) electrons. The SMILES string of the molecule is CC(=O)c1ccc(-c2cc3c(ncc4cnc(C(=O)O)n43)[nH]2)cc1. The van der Waals surface area contributed by atoms with Gasteiger partial charge in [-0.3, -0.25) is 9.20 Å². The Bertz CT molecular complexity index is 1110. The molecule has 3 heterocycles. The quantitative estimate of drug-likeness (QED) is 0.565. The summed E-state index contributed by atoms with van der Waals surface area (Å²) in [7, 11) is 0. The van der Waals surface area contributed by atoms with Gasteiger partial charge in [0.25, 0.3) is 0 Å². The molecule has 7 nitrogen and oxygen atoms in total. The molecule has 7 heteroatoms. The molecule has 1 aromatic carbocycles. The lowest BCUT2D eigenvalue weighted by Gasteiger charge is -1.99. The number of Topliss-reactive ketones (excluding diaryl/α,β-unsaturated/α-hetero) is 1. The highest BCUT2D eigenvalue weighted by Crippen LogP contribution is 2.25. The highest BCUT2D eigenvalue weighted by Gasteiger charge is 2.16. The topological polar surface area (TPSA) is 100 Å². The van der Waals surface area contributed by atoms with Crippen LogP contribution in [0.3, 0.4) is 0 Å². The second-order valence-electron chi connectivity index (χ2n) is 5.46. The van der Waals surface area contributed by atoms with Crippen LogP contribution in [0.2, 0.25) is 0 Å². The fraction of sp³-hybridized carbons (Fsp3) is 0.0588. The molecule has 0 unspecified atom stereocenters. The number of aromatic nitrogens is 4. The molecule has 0 fully saturated rings. The lowest BCUT2D eigenvalue weighted by molar-refractivity contribution is 0.0683. The standard InChI is InChI=1S/C17H12N4O3/c1-9(22)10-2-4-11(5-3-10)13-6-14-15(20-13)18-7-12-8-19-16(17(23)24)21(12)14/h2-8,20H,1H3,(H,23,24). The molecular formula is C17H12N4O3. The number of aromatic amines is 1. The predicted octanol–water partition coefficient (Wildman–Crippen LogP) is 2.78. The minimum Gasteiger partial charge on any atom is -0.475 e. The maximum Gasteiger partial charge on any atom is 0.372 e. The minimum absolute atomic E-state index is 0.00564. The van der Waals surface area contributed by atoms with Crippen molar-refractivity contribution < 1.29 is 14.7 Å². The molecule has 0 saturated carbocycles. The summed E-state index contributed by atoms with van der Waals surface area (Å²) in [5.74, 6) is -1.16. The van der Waals surface area contributed by atoms with Gasteiger partial charge in [-0.05, 0) is 18.6 Å². The van der Waals surface area contributed by atoms with Crippen molar-refractivity contribution in [1.29, 1.82) is 0 Å². The smallest absolute Gasteiger partial charge is 0.372 e. The zero-order valence-corrected chi connectivity index (χ0v) is 12.6. The fourth-order valence-corrected chi connectivity index (χ4v) is 2.73. The number of aromatic carboxylic acids is 1. The van der Waals surface area contributed by atoms with E-state index in [0.29, 0.717) is 22.2 Å². The van der Waals surface area contributed by atoms with Gasteiger partial charge in [0.15, 0.2) is 11.4 Å². The number of carbonyl (C=O) groups is 2. The number of H-pyrrole nitrogens is 1. The van der Waals surface area contributed by atoms with Crippen LogP contribution >= 0.6 is 0 Å². The van der Waals surface area contributed by atoms with E-state index in [-0.39, 0.29) is 11.6 Å². The summed E-state index contributed by atoms with van der Waals surface area (Å²) in [5, 5.41) is 9.29. The van der Waals surface area contributed by atoms with Crippen molar-refractivity contribution in [2.45, 2.75) is 6.92 Å². The molecule has 0 bridgehead atoms. The molecule has 118 valence electrons. The Kier molecular flexibility index (Phi) is 2.96. The lowest BCUT2D eigenvalue weighted by atomic mass is 10.1. The summed E-state index contributed by atoms with van der Waals surface area (Å²) in [6.07, 6.45) is 3.05. The van der Waals surface area contributed by atoms with Crippen molar-refractivity contribution in [3.63, 3.8) is 0 Å². The second-order valence-corrected chi connectivity index (χ2v) is 5.46. The van der Waals surface area contributed by atoms with Gasteiger partial charge in [-0.2, -0.15) is 0 Å². The van der Waals surface area contributed by atoms with Crippen molar-refractivity contribution >= 4 is 28.4 Å². The van der Waals surface area contributed by atoms with Crippen molar-refractivity contribution in [3.8, 4) is 11.3 Å². The van der Waals surface area contributed by atoms with Gasteiger partial charge in [0.05, 0.1) is 23.4 Å². The number of benzene rings is 1. The molecule has 0 saturated heterocycles. The number of carboxylic acid groups (broad SMARTS) is 1. The van der Waals surface area contributed by atoms with Gasteiger partial charge in [0.1, 0.15) is 0 Å². The maximum absolute atomic E-state index is 11.4. The fourth-order valence-electron chi connectivity index (χ4n) is 2.73. The number of imidazole rings is 1. The van der Waals surface area contributed by atoms with E-state index in [4.69, 9.17) is 0 Å². The molecule has 3 aromatic heterocycles. The largest absolute Gasteiger partial charge is 0.475 e. The third-order valence-electron chi connectivity index (χ3n) is 3.93. The van der Waals surface area contributed by atoms with Crippen LogP contribution in [-0.4, -0.2) is 36.2 Å². The molecule has 0 aliphatic heterocycles. The van der Waals surface area contributed by atoms with Crippen molar-refractivity contribution in [1.82, 2.24) is 19.4 Å². The van der Waals surface area contributed by atoms with E-state index in [1.54, 1.807) is 22.7 Å². The third kappa shape index (κ3) is 2.06. The highest BCUT2D eigenvalue weighted by atomic mass is 16.4. The molecule has 0 atom stereocenters. The van der Waals surface area contributed by atoms with E-state index in [1.807, 2.05) is 18.2 Å². The number of hydrogen-bond acceptors (Lipinski definition) is 4. The average molecular weight is 320 g/mol. The molecule has 24 heavy (non-hydrogen) atoms. The molecular weight excluding hydrogens is 308 g/mol. The van der Waals surface area contributed by atoms with E-state index < -0.39 is 5.97 Å². The van der Waals surface area contributed by atoms with Gasteiger partial charge in [0, 0.05) is 11.3 Å². The van der Waals surface area contributed by atoms with Gasteiger partial charge in [-0.15, -0.1) is 0 Å². The Morgan fingerprint density at radius 1 is 1.12 bits per heavy atom. The Morgan fingerprint density at radius 3 is 2.50 bits per heavy atom. The van der Waals surface area contributed by atoms with Gasteiger partial charge in [-0.1, -0.05) is 24.3 Å². The van der Waals surface area contributed by atoms with Crippen LogP contribution in [0.1, 0.15) is 27.9 Å². The molecule has 4 aromatic rings. The normalized spacial score (nSPS) is 11.2. The molecule has 4 rings (SSSR count). The summed E-state index contributed by atoms with van der Waals surface area (Å²) in [6, 6.07) is 9.01. The number of ketones is 1. The first-order chi connectivity index (χ1) is 11.5. The van der Waals surface area contributed by atoms with Crippen molar-refractivity contribution in [3.05, 3.63) is 54.1 Å². The number of carbonyl (C=O) groups excluding carboxylic acids is 1. The number of nitrogens with one attached hydrogen (secondary N) is 1. The highest BCUT2D eigenvalue weighted by molar-refractivity contribution is 5.95. The molecule has 0 aliphatic rings. The van der Waals surface area contributed by atoms with Crippen LogP contribution < -0.4 is 0 Å². The number of nitrogens with zero attached hydrogens (tertiary/aromatic N) is 3. The first kappa shape index (κ1) is 14.1.